The van der Waals surface area contributed by atoms with Crippen LogP contribution in [0, 0.1) is 0 Å². The van der Waals surface area contributed by atoms with E-state index in [1.807, 2.05) is 12.1 Å². The lowest BCUT2D eigenvalue weighted by molar-refractivity contribution is -0.137. The van der Waals surface area contributed by atoms with E-state index in [9.17, 15) is 31.5 Å². The number of benzene rings is 3. The minimum atomic E-state index is -4.39. The molecule has 0 radical (unpaired) electrons. The number of amides is 1. The van der Waals surface area contributed by atoms with Crippen LogP contribution in [-0.4, -0.2) is 43.2 Å². The predicted molar refractivity (Wildman–Crippen MR) is 142 cm³/mol. The van der Waals surface area contributed by atoms with Gasteiger partial charge in [-0.05, 0) is 72.0 Å². The van der Waals surface area contributed by atoms with Gasteiger partial charge in [-0.1, -0.05) is 43.3 Å². The fourth-order valence-corrected chi connectivity index (χ4v) is 6.07. The minimum absolute atomic E-state index is 0.0337. The van der Waals surface area contributed by atoms with Crippen molar-refractivity contribution in [3.8, 4) is 0 Å². The molecule has 2 atom stereocenters. The topological polar surface area (TPSA) is 101 Å². The molecular formula is C29H31F3N2O4S. The lowest BCUT2D eigenvalue weighted by atomic mass is 9.86. The van der Waals surface area contributed by atoms with Gasteiger partial charge in [0.05, 0.1) is 22.8 Å². The fourth-order valence-electron chi connectivity index (χ4n) is 5.19. The predicted octanol–water partition coefficient (Wildman–Crippen LogP) is 5.06. The van der Waals surface area contributed by atoms with Crippen LogP contribution in [0.1, 0.15) is 69.9 Å². The third kappa shape index (κ3) is 6.34. The van der Waals surface area contributed by atoms with Crippen molar-refractivity contribution in [3.63, 3.8) is 0 Å². The van der Waals surface area contributed by atoms with Gasteiger partial charge in [-0.15, -0.1) is 0 Å². The summed E-state index contributed by atoms with van der Waals surface area (Å²) in [6.45, 7) is 2.46. The van der Waals surface area contributed by atoms with Gasteiger partial charge < -0.3 is 10.8 Å². The number of likely N-dealkylation sites (tertiary alicyclic amines) is 1. The first kappa shape index (κ1) is 28.8. The largest absolute Gasteiger partial charge is 0.416 e. The number of carbonyl (C=O) groups is 1. The van der Waals surface area contributed by atoms with Crippen LogP contribution in [0.2, 0.25) is 0 Å². The van der Waals surface area contributed by atoms with E-state index >= 15 is 0 Å². The maximum Gasteiger partial charge on any atom is 0.416 e. The summed E-state index contributed by atoms with van der Waals surface area (Å²) in [4.78, 5) is 14.7. The summed E-state index contributed by atoms with van der Waals surface area (Å²) in [7, 11) is -3.39. The van der Waals surface area contributed by atoms with Crippen LogP contribution in [0.4, 0.5) is 13.2 Å². The summed E-state index contributed by atoms with van der Waals surface area (Å²) in [6.07, 6.45) is -2.67. The Morgan fingerprint density at radius 3 is 2.31 bits per heavy atom. The molecule has 39 heavy (non-hydrogen) atoms. The van der Waals surface area contributed by atoms with Gasteiger partial charge in [0.15, 0.2) is 9.84 Å². The first-order valence-corrected chi connectivity index (χ1v) is 14.4. The van der Waals surface area contributed by atoms with Crippen LogP contribution >= 0.6 is 0 Å². The SMILES string of the molecule is CCS(=O)(=O)c1ccc([C@@H](CO)c2cc(C3CCCN3Cc3ccc(C(F)(F)F)cc3)ccc2C(N)=O)cc1. The van der Waals surface area contributed by atoms with Gasteiger partial charge in [0, 0.05) is 24.1 Å². The van der Waals surface area contributed by atoms with Crippen molar-refractivity contribution < 1.29 is 31.5 Å². The number of nitrogens with two attached hydrogens (primary N) is 1. The van der Waals surface area contributed by atoms with Crippen LogP contribution < -0.4 is 5.73 Å². The summed E-state index contributed by atoms with van der Waals surface area (Å²) >= 11 is 0. The van der Waals surface area contributed by atoms with E-state index in [2.05, 4.69) is 4.90 Å². The van der Waals surface area contributed by atoms with Crippen molar-refractivity contribution in [1.82, 2.24) is 4.90 Å². The second-order valence-corrected chi connectivity index (χ2v) is 12.0. The second-order valence-electron chi connectivity index (χ2n) is 9.74. The molecule has 0 saturated carbocycles. The Labute approximate surface area is 226 Å². The monoisotopic (exact) mass is 560 g/mol. The molecule has 4 rings (SSSR count). The standard InChI is InChI=1S/C29H31F3N2O4S/c1-2-39(37,38)23-12-7-20(8-13-23)26(18-35)25-16-21(9-14-24(25)28(33)36)27-4-3-15-34(27)17-19-5-10-22(11-6-19)29(30,31)32/h5-14,16,26-27,35H,2-4,15,17-18H2,1H3,(H2,33,36)/t26-,27?/m1/s1. The van der Waals surface area contributed by atoms with Crippen LogP contribution in [0.25, 0.3) is 0 Å². The fraction of sp³-hybridized carbons (Fsp3) is 0.345. The summed E-state index contributed by atoms with van der Waals surface area (Å²) in [6, 6.07) is 16.7. The molecule has 3 aromatic rings. The molecule has 1 fully saturated rings. The number of rotatable bonds is 9. The van der Waals surface area contributed by atoms with Crippen LogP contribution in [-0.2, 0) is 22.6 Å². The molecule has 3 aromatic carbocycles. The minimum Gasteiger partial charge on any atom is -0.395 e. The van der Waals surface area contributed by atoms with Crippen molar-refractivity contribution in [2.24, 2.45) is 5.73 Å². The molecule has 0 aliphatic carbocycles. The highest BCUT2D eigenvalue weighted by atomic mass is 32.2. The van der Waals surface area contributed by atoms with Crippen molar-refractivity contribution in [2.75, 3.05) is 18.9 Å². The average Bonchev–Trinajstić information content (AvgIpc) is 3.37. The molecule has 1 aliphatic heterocycles. The molecule has 0 spiro atoms. The van der Waals surface area contributed by atoms with Crippen molar-refractivity contribution >= 4 is 15.7 Å². The summed E-state index contributed by atoms with van der Waals surface area (Å²) in [5, 5.41) is 10.3. The third-order valence-corrected chi connectivity index (χ3v) is 9.09. The molecule has 1 aliphatic rings. The number of aliphatic hydroxyl groups is 1. The summed E-state index contributed by atoms with van der Waals surface area (Å²) in [5.74, 6) is -1.29. The van der Waals surface area contributed by atoms with Gasteiger partial charge in [-0.3, -0.25) is 9.69 Å². The number of halogens is 3. The van der Waals surface area contributed by atoms with E-state index in [1.165, 1.54) is 24.3 Å². The molecule has 6 nitrogen and oxygen atoms in total. The van der Waals surface area contributed by atoms with Crippen molar-refractivity contribution in [2.45, 2.75) is 49.3 Å². The maximum atomic E-state index is 13.0. The number of primary amides is 1. The molecule has 3 N–H and O–H groups in total. The quantitative estimate of drug-likeness (QED) is 0.381. The number of carbonyl (C=O) groups excluding carboxylic acids is 1. The number of hydrogen-bond acceptors (Lipinski definition) is 5. The zero-order chi connectivity index (χ0) is 28.4. The molecule has 1 amide bonds. The van der Waals surface area contributed by atoms with Gasteiger partial charge in [0.25, 0.3) is 0 Å². The Hall–Kier alpha value is -3.21. The van der Waals surface area contributed by atoms with Gasteiger partial charge in [-0.2, -0.15) is 13.2 Å². The zero-order valence-corrected chi connectivity index (χ0v) is 22.3. The van der Waals surface area contributed by atoms with Crippen LogP contribution in [0.3, 0.4) is 0 Å². The number of hydrogen-bond donors (Lipinski definition) is 2. The number of aliphatic hydroxyl groups excluding tert-OH is 1. The molecule has 1 heterocycles. The smallest absolute Gasteiger partial charge is 0.395 e. The molecule has 10 heteroatoms. The second kappa shape index (κ2) is 11.5. The Kier molecular flexibility index (Phi) is 8.48. The molecule has 1 saturated heterocycles. The molecular weight excluding hydrogens is 529 g/mol. The van der Waals surface area contributed by atoms with Crippen molar-refractivity contribution in [3.05, 3.63) is 100 Å². The molecule has 1 unspecified atom stereocenters. The van der Waals surface area contributed by atoms with E-state index in [0.29, 0.717) is 17.7 Å². The van der Waals surface area contributed by atoms with E-state index in [-0.39, 0.29) is 28.9 Å². The van der Waals surface area contributed by atoms with E-state index < -0.39 is 33.4 Å². The zero-order valence-electron chi connectivity index (χ0n) is 21.5. The number of nitrogens with zero attached hydrogens (tertiary/aromatic N) is 1. The first-order valence-electron chi connectivity index (χ1n) is 12.7. The number of sulfone groups is 1. The highest BCUT2D eigenvalue weighted by molar-refractivity contribution is 7.91. The van der Waals surface area contributed by atoms with Gasteiger partial charge in [0.1, 0.15) is 0 Å². The Morgan fingerprint density at radius 1 is 1.08 bits per heavy atom. The molecule has 0 aromatic heterocycles. The Morgan fingerprint density at radius 2 is 1.74 bits per heavy atom. The summed E-state index contributed by atoms with van der Waals surface area (Å²) in [5.41, 5.74) is 8.09. The number of alkyl halides is 3. The van der Waals surface area contributed by atoms with Crippen LogP contribution in [0.5, 0.6) is 0 Å². The normalized spacial score (nSPS) is 17.3. The average molecular weight is 561 g/mol. The molecule has 0 bridgehead atoms. The van der Waals surface area contributed by atoms with Gasteiger partial charge in [-0.25, -0.2) is 8.42 Å². The van der Waals surface area contributed by atoms with Gasteiger partial charge >= 0.3 is 6.18 Å². The molecule has 208 valence electrons. The lowest BCUT2D eigenvalue weighted by Crippen LogP contribution is -2.24. The Bertz CT molecular complexity index is 1420. The van der Waals surface area contributed by atoms with E-state index in [0.717, 1.165) is 42.6 Å². The van der Waals surface area contributed by atoms with Crippen molar-refractivity contribution in [1.29, 1.82) is 0 Å². The Balaban J connectivity index is 1.64. The third-order valence-electron chi connectivity index (χ3n) is 7.34. The maximum absolute atomic E-state index is 13.0. The van der Waals surface area contributed by atoms with Gasteiger partial charge in [0.2, 0.25) is 5.91 Å². The first-order chi connectivity index (χ1) is 18.4. The lowest BCUT2D eigenvalue weighted by Gasteiger charge is -2.27. The van der Waals surface area contributed by atoms with Crippen LogP contribution in [0.15, 0.2) is 71.6 Å². The summed E-state index contributed by atoms with van der Waals surface area (Å²) < 4.78 is 63.3. The van der Waals surface area contributed by atoms with E-state index in [1.54, 1.807) is 25.1 Å². The highest BCUT2D eigenvalue weighted by Crippen LogP contribution is 2.37. The van der Waals surface area contributed by atoms with E-state index in [4.69, 9.17) is 5.73 Å². The highest BCUT2D eigenvalue weighted by Gasteiger charge is 2.31.